The first-order valence-corrected chi connectivity index (χ1v) is 10.0. The minimum absolute atomic E-state index is 0.0367. The number of aliphatic hydroxyl groups excluding tert-OH is 1. The average molecular weight is 449 g/mol. The maximum absolute atomic E-state index is 12.3. The monoisotopic (exact) mass is 448 g/mol. The Morgan fingerprint density at radius 3 is 2.71 bits per heavy atom. The van der Waals surface area contributed by atoms with Crippen LogP contribution in [-0.4, -0.2) is 51.2 Å². The number of anilines is 4. The average Bonchev–Trinajstić information content (AvgIpc) is 3.19. The van der Waals surface area contributed by atoms with Crippen molar-refractivity contribution in [2.75, 3.05) is 35.6 Å². The van der Waals surface area contributed by atoms with Crippen LogP contribution in [0.25, 0.3) is 0 Å². The van der Waals surface area contributed by atoms with Crippen LogP contribution in [0.3, 0.4) is 0 Å². The highest BCUT2D eigenvalue weighted by Gasteiger charge is 2.19. The molecule has 1 aliphatic heterocycles. The Labute approximate surface area is 172 Å². The lowest BCUT2D eigenvalue weighted by molar-refractivity contribution is 0.222. The minimum Gasteiger partial charge on any atom is -0.394 e. The maximum atomic E-state index is 12.3. The van der Waals surface area contributed by atoms with Crippen molar-refractivity contribution >= 4 is 45.1 Å². The van der Waals surface area contributed by atoms with Gasteiger partial charge in [0.15, 0.2) is 0 Å². The molecule has 0 radical (unpaired) electrons. The fourth-order valence-corrected chi connectivity index (χ4v) is 3.09. The highest BCUT2D eigenvalue weighted by molar-refractivity contribution is 9.10. The lowest BCUT2D eigenvalue weighted by Crippen LogP contribution is -2.35. The first-order chi connectivity index (χ1) is 13.4. The van der Waals surface area contributed by atoms with E-state index in [-0.39, 0.29) is 12.6 Å². The molecule has 0 saturated carbocycles. The van der Waals surface area contributed by atoms with Crippen LogP contribution in [0, 0.1) is 0 Å². The molecule has 1 saturated heterocycles. The van der Waals surface area contributed by atoms with E-state index >= 15 is 0 Å². The third-order valence-corrected chi connectivity index (χ3v) is 4.94. The molecule has 4 N–H and O–H groups in total. The first-order valence-electron chi connectivity index (χ1n) is 9.21. The van der Waals surface area contributed by atoms with Crippen LogP contribution in [0.2, 0.25) is 0 Å². The van der Waals surface area contributed by atoms with Crippen molar-refractivity contribution in [3.8, 4) is 0 Å². The number of halogens is 1. The summed E-state index contributed by atoms with van der Waals surface area (Å²) < 4.78 is 0.700. The number of benzene rings is 1. The molecule has 28 heavy (non-hydrogen) atoms. The number of nitrogens with one attached hydrogen (secondary N) is 3. The molecule has 0 unspecified atom stereocenters. The van der Waals surface area contributed by atoms with Gasteiger partial charge in [0, 0.05) is 30.7 Å². The smallest absolute Gasteiger partial charge is 0.321 e. The molecule has 1 aliphatic rings. The molecule has 0 atom stereocenters. The lowest BCUT2D eigenvalue weighted by Gasteiger charge is -2.24. The van der Waals surface area contributed by atoms with E-state index in [9.17, 15) is 9.90 Å². The Kier molecular flexibility index (Phi) is 6.35. The van der Waals surface area contributed by atoms with E-state index in [1.165, 1.54) is 0 Å². The minimum atomic E-state index is -0.520. The third kappa shape index (κ3) is 5.32. The number of carbonyl (C=O) groups excluding carboxylic acids is 1. The maximum Gasteiger partial charge on any atom is 0.321 e. The Bertz CT molecular complexity index is 839. The van der Waals surface area contributed by atoms with Gasteiger partial charge in [-0.15, -0.1) is 0 Å². The SMILES string of the molecule is CC(C)(CO)Nc1nc(Nc2cccc(NC(=O)N3CCCC3)c2)ncc1Br. The molecule has 2 amide bonds. The van der Waals surface area contributed by atoms with Gasteiger partial charge in [-0.3, -0.25) is 0 Å². The summed E-state index contributed by atoms with van der Waals surface area (Å²) in [7, 11) is 0. The van der Waals surface area contributed by atoms with Crippen molar-refractivity contribution in [2.24, 2.45) is 0 Å². The van der Waals surface area contributed by atoms with E-state index in [1.807, 2.05) is 43.0 Å². The summed E-state index contributed by atoms with van der Waals surface area (Å²) in [5.74, 6) is 0.984. The second kappa shape index (κ2) is 8.74. The van der Waals surface area contributed by atoms with E-state index < -0.39 is 5.54 Å². The standard InChI is InChI=1S/C19H25BrN6O2/c1-19(2,12-27)25-16-15(20)11-21-17(24-16)22-13-6-5-7-14(10-13)23-18(28)26-8-3-4-9-26/h5-7,10-11,27H,3-4,8-9,12H2,1-2H3,(H,23,28)(H2,21,22,24,25). The first kappa shape index (κ1) is 20.3. The van der Waals surface area contributed by atoms with Gasteiger partial charge in [0.05, 0.1) is 16.6 Å². The van der Waals surface area contributed by atoms with Crippen LogP contribution in [0.5, 0.6) is 0 Å². The number of urea groups is 1. The Balaban J connectivity index is 1.70. The fourth-order valence-electron chi connectivity index (χ4n) is 2.80. The lowest BCUT2D eigenvalue weighted by atomic mass is 10.1. The second-order valence-electron chi connectivity index (χ2n) is 7.39. The van der Waals surface area contributed by atoms with Crippen LogP contribution in [0.15, 0.2) is 34.9 Å². The zero-order valence-corrected chi connectivity index (χ0v) is 17.6. The molecule has 1 aromatic heterocycles. The van der Waals surface area contributed by atoms with Crippen LogP contribution in [0.4, 0.5) is 27.9 Å². The predicted octanol–water partition coefficient (Wildman–Crippen LogP) is 3.79. The van der Waals surface area contributed by atoms with Crippen LogP contribution < -0.4 is 16.0 Å². The van der Waals surface area contributed by atoms with E-state index in [4.69, 9.17) is 0 Å². The van der Waals surface area contributed by atoms with Crippen molar-refractivity contribution < 1.29 is 9.90 Å². The summed E-state index contributed by atoms with van der Waals surface area (Å²) in [5.41, 5.74) is 0.946. The molecule has 1 aromatic carbocycles. The molecule has 0 aliphatic carbocycles. The van der Waals surface area contributed by atoms with Gasteiger partial charge in [-0.2, -0.15) is 4.98 Å². The topological polar surface area (TPSA) is 102 Å². The second-order valence-corrected chi connectivity index (χ2v) is 8.24. The van der Waals surface area contributed by atoms with Crippen LogP contribution in [0.1, 0.15) is 26.7 Å². The van der Waals surface area contributed by atoms with Crippen LogP contribution in [-0.2, 0) is 0 Å². The van der Waals surface area contributed by atoms with Gasteiger partial charge >= 0.3 is 6.03 Å². The molecule has 9 heteroatoms. The Hall–Kier alpha value is -2.39. The number of nitrogens with zero attached hydrogens (tertiary/aromatic N) is 3. The largest absolute Gasteiger partial charge is 0.394 e. The summed E-state index contributed by atoms with van der Waals surface area (Å²) in [4.78, 5) is 22.8. The zero-order chi connectivity index (χ0) is 20.1. The van der Waals surface area contributed by atoms with Gasteiger partial charge in [-0.25, -0.2) is 9.78 Å². The van der Waals surface area contributed by atoms with Gasteiger partial charge in [0.25, 0.3) is 0 Å². The number of rotatable bonds is 6. The zero-order valence-electron chi connectivity index (χ0n) is 16.0. The predicted molar refractivity (Wildman–Crippen MR) is 114 cm³/mol. The number of hydrogen-bond donors (Lipinski definition) is 4. The van der Waals surface area contributed by atoms with E-state index in [0.29, 0.717) is 21.9 Å². The summed E-state index contributed by atoms with van der Waals surface area (Å²) in [5, 5.41) is 18.7. The molecular formula is C19H25BrN6O2. The highest BCUT2D eigenvalue weighted by atomic mass is 79.9. The Morgan fingerprint density at radius 2 is 2.00 bits per heavy atom. The van der Waals surface area contributed by atoms with Crippen molar-refractivity contribution in [3.05, 3.63) is 34.9 Å². The van der Waals surface area contributed by atoms with E-state index in [0.717, 1.165) is 31.6 Å². The van der Waals surface area contributed by atoms with Crippen molar-refractivity contribution in [1.82, 2.24) is 14.9 Å². The molecule has 0 bridgehead atoms. The normalized spacial score (nSPS) is 14.1. The Morgan fingerprint density at radius 1 is 1.29 bits per heavy atom. The van der Waals surface area contributed by atoms with Crippen LogP contribution >= 0.6 is 15.9 Å². The molecule has 3 rings (SSSR count). The van der Waals surface area contributed by atoms with Gasteiger partial charge in [0.2, 0.25) is 5.95 Å². The number of hydrogen-bond acceptors (Lipinski definition) is 6. The van der Waals surface area contributed by atoms with E-state index in [1.54, 1.807) is 6.20 Å². The number of likely N-dealkylation sites (tertiary alicyclic amines) is 1. The highest BCUT2D eigenvalue weighted by Crippen LogP contribution is 2.25. The van der Waals surface area contributed by atoms with Gasteiger partial charge in [-0.1, -0.05) is 6.07 Å². The number of aliphatic hydroxyl groups is 1. The molecule has 2 heterocycles. The molecule has 150 valence electrons. The third-order valence-electron chi connectivity index (χ3n) is 4.36. The van der Waals surface area contributed by atoms with Gasteiger partial charge < -0.3 is 26.0 Å². The van der Waals surface area contributed by atoms with Crippen molar-refractivity contribution in [2.45, 2.75) is 32.2 Å². The fraction of sp³-hybridized carbons (Fsp3) is 0.421. The van der Waals surface area contributed by atoms with Crippen molar-refractivity contribution in [1.29, 1.82) is 0 Å². The quantitative estimate of drug-likeness (QED) is 0.535. The molecule has 1 fully saturated rings. The van der Waals surface area contributed by atoms with Gasteiger partial charge in [-0.05, 0) is 60.8 Å². The number of carbonyl (C=O) groups is 1. The summed E-state index contributed by atoms with van der Waals surface area (Å²) in [6, 6.07) is 7.34. The van der Waals surface area contributed by atoms with Gasteiger partial charge in [0.1, 0.15) is 5.82 Å². The molecule has 8 nitrogen and oxygen atoms in total. The molecular weight excluding hydrogens is 424 g/mol. The summed E-state index contributed by atoms with van der Waals surface area (Å²) in [6.45, 7) is 5.32. The van der Waals surface area contributed by atoms with Crippen molar-refractivity contribution in [3.63, 3.8) is 0 Å². The number of amides is 2. The molecule has 2 aromatic rings. The summed E-state index contributed by atoms with van der Waals surface area (Å²) >= 11 is 3.42. The summed E-state index contributed by atoms with van der Waals surface area (Å²) in [6.07, 6.45) is 3.75. The number of aromatic nitrogens is 2. The van der Waals surface area contributed by atoms with E-state index in [2.05, 4.69) is 41.8 Å². The molecule has 0 spiro atoms.